The lowest BCUT2D eigenvalue weighted by Gasteiger charge is -2.27. The van der Waals surface area contributed by atoms with Crippen LogP contribution in [0, 0.1) is 10.1 Å². The second-order valence-electron chi connectivity index (χ2n) is 3.74. The summed E-state index contributed by atoms with van der Waals surface area (Å²) in [5.74, 6) is 0.276. The van der Waals surface area contributed by atoms with E-state index in [4.69, 9.17) is 5.73 Å². The fourth-order valence-electron chi connectivity index (χ4n) is 1.89. The van der Waals surface area contributed by atoms with Crippen molar-refractivity contribution in [1.82, 2.24) is 9.97 Å². The van der Waals surface area contributed by atoms with Gasteiger partial charge in [-0.05, 0) is 19.3 Å². The summed E-state index contributed by atoms with van der Waals surface area (Å²) < 4.78 is 0. The Hall–Kier alpha value is -1.92. The van der Waals surface area contributed by atoms with Gasteiger partial charge in [0.05, 0.1) is 4.92 Å². The summed E-state index contributed by atoms with van der Waals surface area (Å²) in [4.78, 5) is 19.9. The smallest absolute Gasteiger partial charge is 0.353 e. The summed E-state index contributed by atoms with van der Waals surface area (Å²) in [6, 6.07) is 0. The molecule has 86 valence electrons. The van der Waals surface area contributed by atoms with E-state index in [1.54, 1.807) is 0 Å². The number of piperidine rings is 1. The molecular formula is C9H13N5O2. The molecular weight excluding hydrogens is 210 g/mol. The molecule has 1 aromatic rings. The average molecular weight is 223 g/mol. The molecule has 2 rings (SSSR count). The number of hydrogen-bond donors (Lipinski definition) is 1. The van der Waals surface area contributed by atoms with Crippen LogP contribution in [0.25, 0.3) is 0 Å². The standard InChI is InChI=1S/C9H13N5O2/c10-8-7(14(15)16)9(12-6-11-8)13-4-2-1-3-5-13/h6H,1-5H2,(H2,10,11,12). The van der Waals surface area contributed by atoms with Crippen LogP contribution in [0.15, 0.2) is 6.33 Å². The molecule has 0 amide bonds. The Morgan fingerprint density at radius 3 is 2.62 bits per heavy atom. The molecule has 0 spiro atoms. The number of hydrogen-bond acceptors (Lipinski definition) is 6. The van der Waals surface area contributed by atoms with Crippen molar-refractivity contribution in [2.45, 2.75) is 19.3 Å². The number of anilines is 2. The van der Waals surface area contributed by atoms with E-state index in [0.29, 0.717) is 5.82 Å². The zero-order valence-corrected chi connectivity index (χ0v) is 8.80. The van der Waals surface area contributed by atoms with Crippen LogP contribution >= 0.6 is 0 Å². The van der Waals surface area contributed by atoms with Crippen molar-refractivity contribution in [3.63, 3.8) is 0 Å². The van der Waals surface area contributed by atoms with Crippen LogP contribution in [0.3, 0.4) is 0 Å². The van der Waals surface area contributed by atoms with Gasteiger partial charge in [-0.1, -0.05) is 0 Å². The molecule has 7 nitrogen and oxygen atoms in total. The first kappa shape index (κ1) is 10.6. The number of nitrogen functional groups attached to an aromatic ring is 1. The van der Waals surface area contributed by atoms with E-state index in [1.807, 2.05) is 4.90 Å². The molecule has 0 radical (unpaired) electrons. The third-order valence-corrected chi connectivity index (χ3v) is 2.67. The first-order valence-electron chi connectivity index (χ1n) is 5.20. The van der Waals surface area contributed by atoms with Crippen LogP contribution in [0.2, 0.25) is 0 Å². The number of nitrogens with zero attached hydrogens (tertiary/aromatic N) is 4. The van der Waals surface area contributed by atoms with Gasteiger partial charge in [0.1, 0.15) is 6.33 Å². The Morgan fingerprint density at radius 2 is 2.00 bits per heavy atom. The summed E-state index contributed by atoms with van der Waals surface area (Å²) in [6.45, 7) is 1.58. The van der Waals surface area contributed by atoms with E-state index in [-0.39, 0.29) is 11.5 Å². The van der Waals surface area contributed by atoms with Gasteiger partial charge in [0.15, 0.2) is 0 Å². The highest BCUT2D eigenvalue weighted by molar-refractivity contribution is 5.68. The fourth-order valence-corrected chi connectivity index (χ4v) is 1.89. The van der Waals surface area contributed by atoms with Gasteiger partial charge in [0.25, 0.3) is 0 Å². The van der Waals surface area contributed by atoms with Gasteiger partial charge in [0, 0.05) is 13.1 Å². The predicted octanol–water partition coefficient (Wildman–Crippen LogP) is 0.957. The van der Waals surface area contributed by atoms with Crippen LogP contribution in [-0.4, -0.2) is 28.0 Å². The Labute approximate surface area is 92.4 Å². The SMILES string of the molecule is Nc1ncnc(N2CCCCC2)c1[N+](=O)[O-]. The van der Waals surface area contributed by atoms with Gasteiger partial charge in [-0.15, -0.1) is 0 Å². The summed E-state index contributed by atoms with van der Waals surface area (Å²) >= 11 is 0. The molecule has 0 aromatic carbocycles. The molecule has 1 aromatic heterocycles. The Bertz CT molecular complexity index is 403. The van der Waals surface area contributed by atoms with Gasteiger partial charge >= 0.3 is 5.69 Å². The molecule has 1 fully saturated rings. The van der Waals surface area contributed by atoms with Gasteiger partial charge in [-0.2, -0.15) is 0 Å². The first-order chi connectivity index (χ1) is 7.70. The highest BCUT2D eigenvalue weighted by atomic mass is 16.6. The molecule has 7 heteroatoms. The highest BCUT2D eigenvalue weighted by Gasteiger charge is 2.26. The van der Waals surface area contributed by atoms with Gasteiger partial charge in [-0.3, -0.25) is 10.1 Å². The maximum Gasteiger partial charge on any atom is 0.353 e. The minimum absolute atomic E-state index is 0.0689. The fraction of sp³-hybridized carbons (Fsp3) is 0.556. The lowest BCUT2D eigenvalue weighted by molar-refractivity contribution is -0.383. The van der Waals surface area contributed by atoms with Crippen molar-refractivity contribution in [1.29, 1.82) is 0 Å². The summed E-state index contributed by atoms with van der Waals surface area (Å²) in [7, 11) is 0. The molecule has 1 saturated heterocycles. The molecule has 0 atom stereocenters. The third kappa shape index (κ3) is 1.88. The van der Waals surface area contributed by atoms with Gasteiger partial charge in [0.2, 0.25) is 11.6 Å². The normalized spacial score (nSPS) is 16.1. The molecule has 1 aliphatic heterocycles. The van der Waals surface area contributed by atoms with Crippen molar-refractivity contribution in [3.05, 3.63) is 16.4 Å². The Morgan fingerprint density at radius 1 is 1.31 bits per heavy atom. The maximum absolute atomic E-state index is 10.9. The molecule has 0 bridgehead atoms. The molecule has 2 N–H and O–H groups in total. The monoisotopic (exact) mass is 223 g/mol. The Kier molecular flexibility index (Phi) is 2.84. The number of rotatable bonds is 2. The van der Waals surface area contributed by atoms with Crippen molar-refractivity contribution < 1.29 is 4.92 Å². The van der Waals surface area contributed by atoms with Crippen molar-refractivity contribution >= 4 is 17.3 Å². The first-order valence-corrected chi connectivity index (χ1v) is 5.20. The maximum atomic E-state index is 10.9. The van der Waals surface area contributed by atoms with E-state index in [1.165, 1.54) is 6.33 Å². The quantitative estimate of drug-likeness (QED) is 0.592. The molecule has 0 saturated carbocycles. The van der Waals surface area contributed by atoms with Crippen LogP contribution in [-0.2, 0) is 0 Å². The predicted molar refractivity (Wildman–Crippen MR) is 59.2 cm³/mol. The lowest BCUT2D eigenvalue weighted by atomic mass is 10.1. The molecule has 1 aliphatic rings. The molecule has 16 heavy (non-hydrogen) atoms. The van der Waals surface area contributed by atoms with Crippen LogP contribution < -0.4 is 10.6 Å². The molecule has 0 unspecified atom stereocenters. The minimum Gasteiger partial charge on any atom is -0.378 e. The van der Waals surface area contributed by atoms with E-state index in [9.17, 15) is 10.1 Å². The van der Waals surface area contributed by atoms with Crippen LogP contribution in [0.4, 0.5) is 17.3 Å². The van der Waals surface area contributed by atoms with E-state index >= 15 is 0 Å². The van der Waals surface area contributed by atoms with Crippen LogP contribution in [0.5, 0.6) is 0 Å². The summed E-state index contributed by atoms with van der Waals surface area (Å²) in [5, 5.41) is 10.9. The van der Waals surface area contributed by atoms with Gasteiger partial charge < -0.3 is 10.6 Å². The highest BCUT2D eigenvalue weighted by Crippen LogP contribution is 2.31. The second-order valence-corrected chi connectivity index (χ2v) is 3.74. The number of nitrogens with two attached hydrogens (primary N) is 1. The minimum atomic E-state index is -0.515. The topological polar surface area (TPSA) is 98.2 Å². The van der Waals surface area contributed by atoms with Crippen molar-refractivity contribution in [2.24, 2.45) is 0 Å². The largest absolute Gasteiger partial charge is 0.378 e. The van der Waals surface area contributed by atoms with Gasteiger partial charge in [-0.25, -0.2) is 9.97 Å². The number of aromatic nitrogens is 2. The average Bonchev–Trinajstić information content (AvgIpc) is 2.29. The second kappa shape index (κ2) is 4.30. The zero-order valence-electron chi connectivity index (χ0n) is 8.80. The summed E-state index contributed by atoms with van der Waals surface area (Å²) in [6.07, 6.45) is 4.49. The zero-order chi connectivity index (χ0) is 11.5. The third-order valence-electron chi connectivity index (χ3n) is 2.67. The Balaban J connectivity index is 2.38. The van der Waals surface area contributed by atoms with Crippen molar-refractivity contribution in [3.8, 4) is 0 Å². The lowest BCUT2D eigenvalue weighted by Crippen LogP contribution is -2.31. The molecule has 2 heterocycles. The van der Waals surface area contributed by atoms with E-state index in [2.05, 4.69) is 9.97 Å². The summed E-state index contributed by atoms with van der Waals surface area (Å²) in [5.41, 5.74) is 5.33. The van der Waals surface area contributed by atoms with E-state index in [0.717, 1.165) is 32.4 Å². The molecule has 0 aliphatic carbocycles. The number of nitro groups is 1. The van der Waals surface area contributed by atoms with Crippen LogP contribution in [0.1, 0.15) is 19.3 Å². The van der Waals surface area contributed by atoms with Crippen molar-refractivity contribution in [2.75, 3.05) is 23.7 Å². The van der Waals surface area contributed by atoms with E-state index < -0.39 is 4.92 Å².